The maximum absolute atomic E-state index is 13.1. The van der Waals surface area contributed by atoms with Crippen LogP contribution < -0.4 is 0 Å². The molecule has 1 aliphatic heterocycles. The number of H-pyrrole nitrogens is 1. The van der Waals surface area contributed by atoms with Crippen molar-refractivity contribution >= 4 is 11.7 Å². The molecule has 138 valence electrons. The summed E-state index contributed by atoms with van der Waals surface area (Å²) >= 11 is 0. The molecular formula is C20H19N3O4. The second kappa shape index (κ2) is 7.20. The molecule has 0 unspecified atom stereocenters. The number of rotatable bonds is 4. The predicted molar refractivity (Wildman–Crippen MR) is 97.6 cm³/mol. The van der Waals surface area contributed by atoms with Crippen molar-refractivity contribution in [2.75, 3.05) is 26.3 Å². The fourth-order valence-electron chi connectivity index (χ4n) is 3.16. The summed E-state index contributed by atoms with van der Waals surface area (Å²) in [6.07, 6.45) is 1.55. The minimum atomic E-state index is -0.232. The summed E-state index contributed by atoms with van der Waals surface area (Å²) in [4.78, 5) is 30.3. The van der Waals surface area contributed by atoms with Gasteiger partial charge in [0.05, 0.1) is 18.8 Å². The lowest BCUT2D eigenvalue weighted by Gasteiger charge is -2.26. The zero-order chi connectivity index (χ0) is 18.8. The van der Waals surface area contributed by atoms with Crippen LogP contribution in [0.2, 0.25) is 0 Å². The second-order valence-electron chi connectivity index (χ2n) is 6.36. The molecule has 4 rings (SSSR count). The molecule has 0 saturated carbocycles. The van der Waals surface area contributed by atoms with Crippen LogP contribution in [0, 0.1) is 6.92 Å². The number of benzene rings is 1. The molecule has 3 aromatic rings. The molecule has 1 aliphatic rings. The van der Waals surface area contributed by atoms with Crippen LogP contribution in [0.15, 0.2) is 47.1 Å². The highest BCUT2D eigenvalue weighted by Gasteiger charge is 2.25. The van der Waals surface area contributed by atoms with Crippen LogP contribution in [0.3, 0.4) is 0 Å². The first-order valence-electron chi connectivity index (χ1n) is 8.77. The van der Waals surface area contributed by atoms with E-state index < -0.39 is 0 Å². The van der Waals surface area contributed by atoms with E-state index in [9.17, 15) is 9.59 Å². The van der Waals surface area contributed by atoms with Crippen LogP contribution in [0.1, 0.15) is 32.2 Å². The molecular weight excluding hydrogens is 346 g/mol. The van der Waals surface area contributed by atoms with Gasteiger partial charge < -0.3 is 19.1 Å². The molecule has 3 heterocycles. The molecule has 2 aromatic heterocycles. The van der Waals surface area contributed by atoms with E-state index in [-0.39, 0.29) is 11.7 Å². The molecule has 1 amide bonds. The average molecular weight is 365 g/mol. The second-order valence-corrected chi connectivity index (χ2v) is 6.36. The first kappa shape index (κ1) is 17.2. The molecule has 1 aromatic carbocycles. The van der Waals surface area contributed by atoms with Gasteiger partial charge in [-0.15, -0.1) is 0 Å². The fourth-order valence-corrected chi connectivity index (χ4v) is 3.16. The van der Waals surface area contributed by atoms with Gasteiger partial charge in [0.2, 0.25) is 0 Å². The third-order valence-electron chi connectivity index (χ3n) is 4.61. The minimum Gasteiger partial charge on any atom is -0.378 e. The number of amides is 1. The van der Waals surface area contributed by atoms with Gasteiger partial charge in [-0.3, -0.25) is 9.59 Å². The van der Waals surface area contributed by atoms with Crippen LogP contribution in [0.25, 0.3) is 11.3 Å². The van der Waals surface area contributed by atoms with Crippen LogP contribution in [0.4, 0.5) is 0 Å². The van der Waals surface area contributed by atoms with E-state index >= 15 is 0 Å². The third kappa shape index (κ3) is 3.29. The number of carbonyl (C=O) groups excluding carboxylic acids is 2. The normalized spacial score (nSPS) is 14.3. The first-order chi connectivity index (χ1) is 13.1. The Hall–Kier alpha value is -3.19. The van der Waals surface area contributed by atoms with Gasteiger partial charge in [0.1, 0.15) is 17.1 Å². The van der Waals surface area contributed by atoms with Crippen molar-refractivity contribution in [3.05, 3.63) is 65.2 Å². The Kier molecular flexibility index (Phi) is 4.60. The molecule has 0 spiro atoms. The minimum absolute atomic E-state index is 0.136. The maximum atomic E-state index is 13.1. The van der Waals surface area contributed by atoms with Gasteiger partial charge in [-0.1, -0.05) is 35.5 Å². The van der Waals surface area contributed by atoms with Crippen molar-refractivity contribution in [1.29, 1.82) is 0 Å². The number of aryl methyl sites for hydroxylation is 1. The van der Waals surface area contributed by atoms with Gasteiger partial charge in [0.15, 0.2) is 5.78 Å². The molecule has 27 heavy (non-hydrogen) atoms. The lowest BCUT2D eigenvalue weighted by molar-refractivity contribution is 0.0299. The van der Waals surface area contributed by atoms with E-state index in [0.29, 0.717) is 54.6 Å². The summed E-state index contributed by atoms with van der Waals surface area (Å²) < 4.78 is 10.5. The Morgan fingerprint density at radius 3 is 2.63 bits per heavy atom. The summed E-state index contributed by atoms with van der Waals surface area (Å²) in [5.74, 6) is 0.0775. The molecule has 0 atom stereocenters. The van der Waals surface area contributed by atoms with Gasteiger partial charge in [0.25, 0.3) is 5.91 Å². The lowest BCUT2D eigenvalue weighted by atomic mass is 9.99. The lowest BCUT2D eigenvalue weighted by Crippen LogP contribution is -2.40. The summed E-state index contributed by atoms with van der Waals surface area (Å²) in [7, 11) is 0. The van der Waals surface area contributed by atoms with Crippen LogP contribution in [-0.2, 0) is 4.74 Å². The maximum Gasteiger partial charge on any atom is 0.270 e. The predicted octanol–water partition coefficient (Wildman–Crippen LogP) is 2.68. The SMILES string of the molecule is Cc1onc(-c2ccccc2)c1C(=O)c1c[nH]c(C(=O)N2CCOCC2)c1. The topological polar surface area (TPSA) is 88.4 Å². The van der Waals surface area contributed by atoms with E-state index in [4.69, 9.17) is 9.26 Å². The number of morpholine rings is 1. The van der Waals surface area contributed by atoms with Crippen molar-refractivity contribution in [2.45, 2.75) is 6.92 Å². The molecule has 0 radical (unpaired) electrons. The Labute approximate surface area is 155 Å². The Morgan fingerprint density at radius 1 is 1.15 bits per heavy atom. The van der Waals surface area contributed by atoms with Gasteiger partial charge >= 0.3 is 0 Å². The van der Waals surface area contributed by atoms with E-state index in [0.717, 1.165) is 5.56 Å². The Bertz CT molecular complexity index is 968. The Balaban J connectivity index is 1.62. The van der Waals surface area contributed by atoms with E-state index in [1.807, 2.05) is 30.3 Å². The molecule has 0 aliphatic carbocycles. The molecule has 0 bridgehead atoms. The van der Waals surface area contributed by atoms with Gasteiger partial charge in [-0.2, -0.15) is 0 Å². The van der Waals surface area contributed by atoms with E-state index in [1.54, 1.807) is 24.1 Å². The number of nitrogens with one attached hydrogen (secondary N) is 1. The number of carbonyl (C=O) groups is 2. The quantitative estimate of drug-likeness (QED) is 0.718. The molecule has 7 nitrogen and oxygen atoms in total. The third-order valence-corrected chi connectivity index (χ3v) is 4.61. The molecule has 1 saturated heterocycles. The summed E-state index contributed by atoms with van der Waals surface area (Å²) in [5.41, 5.74) is 2.49. The highest BCUT2D eigenvalue weighted by atomic mass is 16.5. The van der Waals surface area contributed by atoms with Crippen LogP contribution >= 0.6 is 0 Å². The average Bonchev–Trinajstić information content (AvgIpc) is 3.35. The van der Waals surface area contributed by atoms with Crippen molar-refractivity contribution in [1.82, 2.24) is 15.0 Å². The molecule has 7 heteroatoms. The first-order valence-corrected chi connectivity index (χ1v) is 8.77. The van der Waals surface area contributed by atoms with Crippen molar-refractivity contribution in [3.63, 3.8) is 0 Å². The largest absolute Gasteiger partial charge is 0.378 e. The van der Waals surface area contributed by atoms with Crippen molar-refractivity contribution < 1.29 is 18.8 Å². The van der Waals surface area contributed by atoms with Crippen LogP contribution in [0.5, 0.6) is 0 Å². The molecule has 1 fully saturated rings. The van der Waals surface area contributed by atoms with Gasteiger partial charge in [-0.25, -0.2) is 0 Å². The number of hydrogen-bond acceptors (Lipinski definition) is 5. The number of aromatic nitrogens is 2. The summed E-state index contributed by atoms with van der Waals surface area (Å²) in [6, 6.07) is 11.0. The number of ether oxygens (including phenoxy) is 1. The summed E-state index contributed by atoms with van der Waals surface area (Å²) in [5, 5.41) is 4.05. The smallest absolute Gasteiger partial charge is 0.270 e. The number of nitrogens with zero attached hydrogens (tertiary/aromatic N) is 2. The monoisotopic (exact) mass is 365 g/mol. The Morgan fingerprint density at radius 2 is 1.89 bits per heavy atom. The summed E-state index contributed by atoms with van der Waals surface area (Å²) in [6.45, 7) is 3.85. The zero-order valence-corrected chi connectivity index (χ0v) is 14.9. The fraction of sp³-hybridized carbons (Fsp3) is 0.250. The number of ketones is 1. The standard InChI is InChI=1S/C20H19N3O4/c1-13-17(18(22-27-13)14-5-3-2-4-6-14)19(24)15-11-16(21-12-15)20(25)23-7-9-26-10-8-23/h2-6,11-12,21H,7-10H2,1H3. The zero-order valence-electron chi connectivity index (χ0n) is 14.9. The number of aromatic amines is 1. The van der Waals surface area contributed by atoms with E-state index in [2.05, 4.69) is 10.1 Å². The molecule has 1 N–H and O–H groups in total. The highest BCUT2D eigenvalue weighted by Crippen LogP contribution is 2.27. The number of hydrogen-bond donors (Lipinski definition) is 1. The van der Waals surface area contributed by atoms with Crippen LogP contribution in [-0.4, -0.2) is 53.0 Å². The highest BCUT2D eigenvalue weighted by molar-refractivity contribution is 6.13. The van der Waals surface area contributed by atoms with Crippen molar-refractivity contribution in [3.8, 4) is 11.3 Å². The van der Waals surface area contributed by atoms with E-state index in [1.165, 1.54) is 0 Å². The van der Waals surface area contributed by atoms with Gasteiger partial charge in [0, 0.05) is 30.4 Å². The van der Waals surface area contributed by atoms with Crippen molar-refractivity contribution in [2.24, 2.45) is 0 Å². The van der Waals surface area contributed by atoms with Gasteiger partial charge in [-0.05, 0) is 13.0 Å².